The SMILES string of the molecule is OC(Cc1ccc(Cl)cc1)C1CCC(C(F)(F)F)CC1. The second kappa shape index (κ2) is 6.35. The van der Waals surface area contributed by atoms with Gasteiger partial charge in [0, 0.05) is 5.02 Å². The van der Waals surface area contributed by atoms with Crippen LogP contribution in [0.1, 0.15) is 31.2 Å². The van der Waals surface area contributed by atoms with E-state index in [2.05, 4.69) is 0 Å². The van der Waals surface area contributed by atoms with E-state index < -0.39 is 18.2 Å². The Kier molecular flexibility index (Phi) is 4.97. The van der Waals surface area contributed by atoms with Crippen LogP contribution in [0.4, 0.5) is 13.2 Å². The zero-order valence-electron chi connectivity index (χ0n) is 11.0. The van der Waals surface area contributed by atoms with Crippen LogP contribution in [-0.4, -0.2) is 17.4 Å². The molecule has 1 aromatic carbocycles. The van der Waals surface area contributed by atoms with Crippen molar-refractivity contribution in [1.82, 2.24) is 0 Å². The number of halogens is 4. The molecule has 1 aromatic rings. The number of hydrogen-bond donors (Lipinski definition) is 1. The van der Waals surface area contributed by atoms with Crippen molar-refractivity contribution in [3.63, 3.8) is 0 Å². The molecule has 0 bridgehead atoms. The van der Waals surface area contributed by atoms with E-state index in [1.54, 1.807) is 12.1 Å². The molecule has 0 aromatic heterocycles. The Morgan fingerprint density at radius 1 is 1.10 bits per heavy atom. The number of benzene rings is 1. The Balaban J connectivity index is 1.85. The summed E-state index contributed by atoms with van der Waals surface area (Å²) in [6.45, 7) is 0. The number of alkyl halides is 3. The molecule has 1 nitrogen and oxygen atoms in total. The second-order valence-electron chi connectivity index (χ2n) is 5.55. The molecule has 2 rings (SSSR count). The highest BCUT2D eigenvalue weighted by atomic mass is 35.5. The van der Waals surface area contributed by atoms with Gasteiger partial charge in [-0.2, -0.15) is 13.2 Å². The average Bonchev–Trinajstić information content (AvgIpc) is 2.40. The lowest BCUT2D eigenvalue weighted by molar-refractivity contribution is -0.185. The second-order valence-corrected chi connectivity index (χ2v) is 5.99. The molecule has 1 aliphatic carbocycles. The molecule has 1 fully saturated rings. The predicted octanol–water partition coefficient (Wildman–Crippen LogP) is 4.61. The average molecular weight is 307 g/mol. The Labute approximate surface area is 121 Å². The Morgan fingerprint density at radius 3 is 2.15 bits per heavy atom. The zero-order valence-corrected chi connectivity index (χ0v) is 11.8. The summed E-state index contributed by atoms with van der Waals surface area (Å²) < 4.78 is 37.7. The van der Waals surface area contributed by atoms with Crippen molar-refractivity contribution in [2.24, 2.45) is 11.8 Å². The number of aliphatic hydroxyl groups is 1. The summed E-state index contributed by atoms with van der Waals surface area (Å²) in [6, 6.07) is 7.19. The normalized spacial score (nSPS) is 25.4. The number of aliphatic hydroxyl groups excluding tert-OH is 1. The van der Waals surface area contributed by atoms with Gasteiger partial charge in [-0.1, -0.05) is 23.7 Å². The third-order valence-electron chi connectivity index (χ3n) is 4.14. The van der Waals surface area contributed by atoms with Gasteiger partial charge in [-0.25, -0.2) is 0 Å². The first kappa shape index (κ1) is 15.6. The molecule has 0 amide bonds. The maximum atomic E-state index is 12.6. The zero-order chi connectivity index (χ0) is 14.8. The van der Waals surface area contributed by atoms with E-state index >= 15 is 0 Å². The molecule has 0 spiro atoms. The van der Waals surface area contributed by atoms with Crippen LogP contribution in [0.25, 0.3) is 0 Å². The van der Waals surface area contributed by atoms with Crippen LogP contribution in [0.3, 0.4) is 0 Å². The molecule has 5 heteroatoms. The van der Waals surface area contributed by atoms with Crippen molar-refractivity contribution in [3.8, 4) is 0 Å². The highest BCUT2D eigenvalue weighted by Gasteiger charge is 2.42. The van der Waals surface area contributed by atoms with Crippen molar-refractivity contribution in [1.29, 1.82) is 0 Å². The van der Waals surface area contributed by atoms with Gasteiger partial charge in [-0.15, -0.1) is 0 Å². The van der Waals surface area contributed by atoms with E-state index in [4.69, 9.17) is 11.6 Å². The molecule has 0 heterocycles. The van der Waals surface area contributed by atoms with E-state index in [1.165, 1.54) is 0 Å². The van der Waals surface area contributed by atoms with Gasteiger partial charge < -0.3 is 5.11 Å². The van der Waals surface area contributed by atoms with Crippen LogP contribution in [0.2, 0.25) is 5.02 Å². The highest BCUT2D eigenvalue weighted by molar-refractivity contribution is 6.30. The highest BCUT2D eigenvalue weighted by Crippen LogP contribution is 2.40. The monoisotopic (exact) mass is 306 g/mol. The molecule has 112 valence electrons. The van der Waals surface area contributed by atoms with Gasteiger partial charge in [0.15, 0.2) is 0 Å². The van der Waals surface area contributed by atoms with Crippen LogP contribution in [-0.2, 0) is 6.42 Å². The minimum atomic E-state index is -4.09. The minimum Gasteiger partial charge on any atom is -0.392 e. The van der Waals surface area contributed by atoms with E-state index in [9.17, 15) is 18.3 Å². The molecule has 0 saturated heterocycles. The predicted molar refractivity (Wildman–Crippen MR) is 72.7 cm³/mol. The van der Waals surface area contributed by atoms with Crippen LogP contribution in [0.15, 0.2) is 24.3 Å². The van der Waals surface area contributed by atoms with Gasteiger partial charge in [0.25, 0.3) is 0 Å². The van der Waals surface area contributed by atoms with Gasteiger partial charge >= 0.3 is 6.18 Å². The van der Waals surface area contributed by atoms with Crippen LogP contribution in [0, 0.1) is 11.8 Å². The van der Waals surface area contributed by atoms with E-state index in [0.717, 1.165) is 5.56 Å². The lowest BCUT2D eigenvalue weighted by Gasteiger charge is -2.32. The number of hydrogen-bond acceptors (Lipinski definition) is 1. The van der Waals surface area contributed by atoms with Crippen molar-refractivity contribution < 1.29 is 18.3 Å². The van der Waals surface area contributed by atoms with Crippen molar-refractivity contribution in [2.45, 2.75) is 44.4 Å². The van der Waals surface area contributed by atoms with Gasteiger partial charge in [0.05, 0.1) is 12.0 Å². The number of rotatable bonds is 3. The molecule has 1 unspecified atom stereocenters. The van der Waals surface area contributed by atoms with E-state index in [1.807, 2.05) is 12.1 Å². The van der Waals surface area contributed by atoms with Gasteiger partial charge in [0.1, 0.15) is 0 Å². The molecule has 1 atom stereocenters. The lowest BCUT2D eigenvalue weighted by Crippen LogP contribution is -2.32. The van der Waals surface area contributed by atoms with Crippen molar-refractivity contribution in [2.75, 3.05) is 0 Å². The van der Waals surface area contributed by atoms with Gasteiger partial charge in [-0.3, -0.25) is 0 Å². The fourth-order valence-electron chi connectivity index (χ4n) is 2.86. The fourth-order valence-corrected chi connectivity index (χ4v) is 2.99. The topological polar surface area (TPSA) is 20.2 Å². The Morgan fingerprint density at radius 2 is 1.65 bits per heavy atom. The first-order valence-electron chi connectivity index (χ1n) is 6.85. The van der Waals surface area contributed by atoms with Crippen LogP contribution >= 0.6 is 11.6 Å². The maximum absolute atomic E-state index is 12.6. The molecule has 1 saturated carbocycles. The lowest BCUT2D eigenvalue weighted by atomic mass is 9.78. The third kappa shape index (κ3) is 4.13. The molecule has 20 heavy (non-hydrogen) atoms. The Bertz CT molecular complexity index is 422. The molecule has 1 aliphatic rings. The summed E-state index contributed by atoms with van der Waals surface area (Å²) in [5, 5.41) is 10.8. The summed E-state index contributed by atoms with van der Waals surface area (Å²) in [7, 11) is 0. The smallest absolute Gasteiger partial charge is 0.391 e. The first-order chi connectivity index (χ1) is 9.36. The standard InChI is InChI=1S/C15H18ClF3O/c16-13-7-1-10(2-8-13)9-14(20)11-3-5-12(6-4-11)15(17,18)19/h1-2,7-8,11-12,14,20H,3-6,9H2. The quantitative estimate of drug-likeness (QED) is 0.864. The largest absolute Gasteiger partial charge is 0.392 e. The molecule has 1 N–H and O–H groups in total. The van der Waals surface area contributed by atoms with Crippen LogP contribution in [0.5, 0.6) is 0 Å². The minimum absolute atomic E-state index is 0.0377. The maximum Gasteiger partial charge on any atom is 0.391 e. The van der Waals surface area contributed by atoms with E-state index in [0.29, 0.717) is 24.3 Å². The molecular formula is C15H18ClF3O. The third-order valence-corrected chi connectivity index (χ3v) is 4.39. The Hall–Kier alpha value is -0.740. The summed E-state index contributed by atoms with van der Waals surface area (Å²) in [5.41, 5.74) is 0.958. The summed E-state index contributed by atoms with van der Waals surface area (Å²) in [5.74, 6) is -1.23. The molecule has 0 aliphatic heterocycles. The summed E-state index contributed by atoms with van der Waals surface area (Å²) >= 11 is 5.79. The first-order valence-corrected chi connectivity index (χ1v) is 7.23. The van der Waals surface area contributed by atoms with Gasteiger partial charge in [-0.05, 0) is 55.7 Å². The van der Waals surface area contributed by atoms with Crippen LogP contribution < -0.4 is 0 Å². The van der Waals surface area contributed by atoms with Crippen molar-refractivity contribution in [3.05, 3.63) is 34.9 Å². The molecule has 0 radical (unpaired) electrons. The fraction of sp³-hybridized carbons (Fsp3) is 0.600. The van der Waals surface area contributed by atoms with Crippen molar-refractivity contribution >= 4 is 11.6 Å². The summed E-state index contributed by atoms with van der Waals surface area (Å²) in [4.78, 5) is 0. The van der Waals surface area contributed by atoms with E-state index in [-0.39, 0.29) is 18.8 Å². The summed E-state index contributed by atoms with van der Waals surface area (Å²) in [6.07, 6.45) is -3.05. The molecular weight excluding hydrogens is 289 g/mol. The van der Waals surface area contributed by atoms with Gasteiger partial charge in [0.2, 0.25) is 0 Å².